The van der Waals surface area contributed by atoms with E-state index < -0.39 is 0 Å². The molecule has 0 aromatic heterocycles. The average Bonchev–Trinajstić information content (AvgIpc) is 2.61. The first-order chi connectivity index (χ1) is 11.6. The van der Waals surface area contributed by atoms with Gasteiger partial charge in [-0.15, -0.1) is 0 Å². The molecule has 0 aliphatic heterocycles. The molecule has 0 saturated carbocycles. The highest BCUT2D eigenvalue weighted by molar-refractivity contribution is 6.04. The predicted octanol–water partition coefficient (Wildman–Crippen LogP) is 3.84. The van der Waals surface area contributed by atoms with E-state index in [1.54, 1.807) is 36.4 Å². The van der Waals surface area contributed by atoms with Gasteiger partial charge in [-0.05, 0) is 49.7 Å². The first-order valence-corrected chi connectivity index (χ1v) is 7.90. The van der Waals surface area contributed by atoms with Crippen molar-refractivity contribution in [2.24, 2.45) is 5.10 Å². The van der Waals surface area contributed by atoms with Crippen molar-refractivity contribution in [2.45, 2.75) is 26.7 Å². The van der Waals surface area contributed by atoms with Crippen molar-refractivity contribution in [1.82, 2.24) is 5.43 Å². The van der Waals surface area contributed by atoms with E-state index in [1.165, 1.54) is 0 Å². The predicted molar refractivity (Wildman–Crippen MR) is 96.3 cm³/mol. The molecule has 0 unspecified atom stereocenters. The van der Waals surface area contributed by atoms with Crippen molar-refractivity contribution in [3.05, 3.63) is 65.7 Å². The minimum absolute atomic E-state index is 0.187. The maximum absolute atomic E-state index is 12.1. The Bertz CT molecular complexity index is 722. The average molecular weight is 323 g/mol. The molecule has 0 fully saturated rings. The normalized spacial score (nSPS) is 11.0. The molecule has 2 aromatic rings. The van der Waals surface area contributed by atoms with Gasteiger partial charge in [0, 0.05) is 22.5 Å². The van der Waals surface area contributed by atoms with Crippen LogP contribution in [0.2, 0.25) is 0 Å². The number of carbonyl (C=O) groups is 2. The van der Waals surface area contributed by atoms with Crippen molar-refractivity contribution in [3.8, 4) is 0 Å². The maximum Gasteiger partial charge on any atom is 0.271 e. The Morgan fingerprint density at radius 1 is 0.917 bits per heavy atom. The van der Waals surface area contributed by atoms with Gasteiger partial charge in [0.25, 0.3) is 11.8 Å². The minimum Gasteiger partial charge on any atom is -0.322 e. The molecule has 2 aromatic carbocycles. The Hall–Kier alpha value is -2.95. The minimum atomic E-state index is -0.272. The lowest BCUT2D eigenvalue weighted by molar-refractivity contribution is 0.0954. The third-order valence-electron chi connectivity index (χ3n) is 3.40. The van der Waals surface area contributed by atoms with Crippen LogP contribution >= 0.6 is 0 Å². The maximum atomic E-state index is 12.1. The highest BCUT2D eigenvalue weighted by atomic mass is 16.2. The second kappa shape index (κ2) is 8.62. The fourth-order valence-corrected chi connectivity index (χ4v) is 2.13. The molecular formula is C19H21N3O2. The van der Waals surface area contributed by atoms with Crippen LogP contribution in [0.15, 0.2) is 59.7 Å². The molecule has 124 valence electrons. The van der Waals surface area contributed by atoms with Crippen LogP contribution in [0.5, 0.6) is 0 Å². The third kappa shape index (κ3) is 5.05. The van der Waals surface area contributed by atoms with E-state index in [1.807, 2.05) is 25.1 Å². The van der Waals surface area contributed by atoms with E-state index >= 15 is 0 Å². The summed E-state index contributed by atoms with van der Waals surface area (Å²) >= 11 is 0. The Kier molecular flexibility index (Phi) is 6.25. The molecule has 0 aliphatic carbocycles. The van der Waals surface area contributed by atoms with Crippen LogP contribution in [0.1, 0.15) is 47.4 Å². The van der Waals surface area contributed by atoms with Gasteiger partial charge in [-0.1, -0.05) is 31.5 Å². The van der Waals surface area contributed by atoms with Crippen LogP contribution < -0.4 is 10.7 Å². The number of hydrogen-bond acceptors (Lipinski definition) is 3. The van der Waals surface area contributed by atoms with Crippen LogP contribution in [0.3, 0.4) is 0 Å². The number of nitrogens with zero attached hydrogens (tertiary/aromatic N) is 1. The fourth-order valence-electron chi connectivity index (χ4n) is 2.13. The fraction of sp³-hybridized carbons (Fsp3) is 0.211. The SMILES string of the molecule is CCC/C(C)=N/NC(=O)c1ccc(NC(=O)c2ccccc2)cc1. The number of benzene rings is 2. The zero-order chi connectivity index (χ0) is 17.4. The third-order valence-corrected chi connectivity index (χ3v) is 3.40. The Labute approximate surface area is 141 Å². The first-order valence-electron chi connectivity index (χ1n) is 7.90. The molecule has 24 heavy (non-hydrogen) atoms. The van der Waals surface area contributed by atoms with E-state index in [-0.39, 0.29) is 11.8 Å². The Balaban J connectivity index is 1.96. The van der Waals surface area contributed by atoms with Gasteiger partial charge in [0.05, 0.1) is 0 Å². The summed E-state index contributed by atoms with van der Waals surface area (Å²) in [6.45, 7) is 3.94. The van der Waals surface area contributed by atoms with Gasteiger partial charge in [-0.25, -0.2) is 5.43 Å². The summed E-state index contributed by atoms with van der Waals surface area (Å²) in [6, 6.07) is 15.7. The van der Waals surface area contributed by atoms with E-state index in [0.717, 1.165) is 18.6 Å². The number of nitrogens with one attached hydrogen (secondary N) is 2. The number of hydrogen-bond donors (Lipinski definition) is 2. The topological polar surface area (TPSA) is 70.6 Å². The number of hydrazone groups is 1. The summed E-state index contributed by atoms with van der Waals surface area (Å²) in [4.78, 5) is 24.1. The molecule has 0 heterocycles. The second-order valence-electron chi connectivity index (χ2n) is 5.44. The summed E-state index contributed by atoms with van der Waals surface area (Å²) in [5, 5.41) is 6.84. The van der Waals surface area contributed by atoms with Crippen molar-refractivity contribution in [3.63, 3.8) is 0 Å². The van der Waals surface area contributed by atoms with Crippen LogP contribution in [-0.2, 0) is 0 Å². The summed E-state index contributed by atoms with van der Waals surface area (Å²) in [7, 11) is 0. The number of amides is 2. The second-order valence-corrected chi connectivity index (χ2v) is 5.44. The lowest BCUT2D eigenvalue weighted by atomic mass is 10.1. The summed E-state index contributed by atoms with van der Waals surface area (Å²) < 4.78 is 0. The van der Waals surface area contributed by atoms with Crippen LogP contribution in [0, 0.1) is 0 Å². The van der Waals surface area contributed by atoms with Gasteiger partial charge in [0.1, 0.15) is 0 Å². The van der Waals surface area contributed by atoms with E-state index in [4.69, 9.17) is 0 Å². The molecule has 0 saturated heterocycles. The van der Waals surface area contributed by atoms with Crippen molar-refractivity contribution < 1.29 is 9.59 Å². The standard InChI is InChI=1S/C19H21N3O2/c1-3-7-14(2)21-22-19(24)16-10-12-17(13-11-16)20-18(23)15-8-5-4-6-9-15/h4-6,8-13H,3,7H2,1-2H3,(H,20,23)(H,22,24)/b21-14+. The van der Waals surface area contributed by atoms with E-state index in [9.17, 15) is 9.59 Å². The van der Waals surface area contributed by atoms with Gasteiger partial charge >= 0.3 is 0 Å². The summed E-state index contributed by atoms with van der Waals surface area (Å²) in [6.07, 6.45) is 1.84. The monoisotopic (exact) mass is 323 g/mol. The zero-order valence-corrected chi connectivity index (χ0v) is 13.9. The van der Waals surface area contributed by atoms with Crippen LogP contribution in [0.4, 0.5) is 5.69 Å². The highest BCUT2D eigenvalue weighted by Gasteiger charge is 2.07. The van der Waals surface area contributed by atoms with E-state index in [2.05, 4.69) is 22.8 Å². The number of rotatable bonds is 6. The molecular weight excluding hydrogens is 302 g/mol. The van der Waals surface area contributed by atoms with Gasteiger partial charge < -0.3 is 5.32 Å². The van der Waals surface area contributed by atoms with Gasteiger partial charge in [0.15, 0.2) is 0 Å². The van der Waals surface area contributed by atoms with Crippen molar-refractivity contribution in [1.29, 1.82) is 0 Å². The van der Waals surface area contributed by atoms with Crippen molar-refractivity contribution >= 4 is 23.2 Å². The Morgan fingerprint density at radius 2 is 1.54 bits per heavy atom. The van der Waals surface area contributed by atoms with E-state index in [0.29, 0.717) is 16.8 Å². The smallest absolute Gasteiger partial charge is 0.271 e. The zero-order valence-electron chi connectivity index (χ0n) is 13.9. The molecule has 0 aliphatic rings. The first kappa shape index (κ1) is 17.4. The Morgan fingerprint density at radius 3 is 2.17 bits per heavy atom. The molecule has 2 amide bonds. The van der Waals surface area contributed by atoms with Gasteiger partial charge in [0.2, 0.25) is 0 Å². The molecule has 2 rings (SSSR count). The molecule has 5 heteroatoms. The molecule has 0 radical (unpaired) electrons. The van der Waals surface area contributed by atoms with Crippen molar-refractivity contribution in [2.75, 3.05) is 5.32 Å². The molecule has 2 N–H and O–H groups in total. The lowest BCUT2D eigenvalue weighted by Crippen LogP contribution is -2.19. The molecule has 0 atom stereocenters. The number of anilines is 1. The molecule has 0 spiro atoms. The molecule has 5 nitrogen and oxygen atoms in total. The number of carbonyl (C=O) groups excluding carboxylic acids is 2. The summed E-state index contributed by atoms with van der Waals surface area (Å²) in [5.41, 5.74) is 5.12. The lowest BCUT2D eigenvalue weighted by Gasteiger charge is -2.06. The van der Waals surface area contributed by atoms with Gasteiger partial charge in [-0.2, -0.15) is 5.10 Å². The van der Waals surface area contributed by atoms with Crippen LogP contribution in [-0.4, -0.2) is 17.5 Å². The van der Waals surface area contributed by atoms with Crippen LogP contribution in [0.25, 0.3) is 0 Å². The van der Waals surface area contributed by atoms with Gasteiger partial charge in [-0.3, -0.25) is 9.59 Å². The highest BCUT2D eigenvalue weighted by Crippen LogP contribution is 2.11. The summed E-state index contributed by atoms with van der Waals surface area (Å²) in [5.74, 6) is -0.459. The quantitative estimate of drug-likeness (QED) is 0.626. The largest absolute Gasteiger partial charge is 0.322 e. The molecule has 0 bridgehead atoms.